The summed E-state index contributed by atoms with van der Waals surface area (Å²) in [5.41, 5.74) is -0.399. The van der Waals surface area contributed by atoms with Crippen LogP contribution in [0.3, 0.4) is 0 Å². The molecule has 0 radical (unpaired) electrons. The maximum Gasteiger partial charge on any atom is 0.323 e. The molecule has 0 aromatic heterocycles. The van der Waals surface area contributed by atoms with Gasteiger partial charge in [-0.15, -0.1) is 0 Å². The van der Waals surface area contributed by atoms with Crippen LogP contribution in [0.1, 0.15) is 48.0 Å². The van der Waals surface area contributed by atoms with Crippen LogP contribution in [0.15, 0.2) is 0 Å². The monoisotopic (exact) mass is 215 g/mol. The fourth-order valence-corrected chi connectivity index (χ4v) is 0.996. The Morgan fingerprint density at radius 3 is 2.27 bits per heavy atom. The molecule has 1 N–H and O–H groups in total. The van der Waals surface area contributed by atoms with Gasteiger partial charge < -0.3 is 10.1 Å². The van der Waals surface area contributed by atoms with Gasteiger partial charge in [-0.1, -0.05) is 20.3 Å². The first-order chi connectivity index (χ1) is 6.76. The number of carbonyl (C=O) groups excluding carboxylic acids is 1. The van der Waals surface area contributed by atoms with E-state index in [1.54, 1.807) is 0 Å². The van der Waals surface area contributed by atoms with Crippen molar-refractivity contribution < 1.29 is 9.53 Å². The third-order valence-corrected chi connectivity index (χ3v) is 2.23. The molecule has 15 heavy (non-hydrogen) atoms. The quantitative estimate of drug-likeness (QED) is 0.715. The van der Waals surface area contributed by atoms with E-state index >= 15 is 0 Å². The Morgan fingerprint density at radius 2 is 1.87 bits per heavy atom. The van der Waals surface area contributed by atoms with Crippen molar-refractivity contribution in [2.45, 2.75) is 59.6 Å². The molecule has 0 saturated carbocycles. The first kappa shape index (κ1) is 14.4. The molecule has 0 heterocycles. The normalized spacial score (nSPS) is 15.9. The molecule has 3 heteroatoms. The van der Waals surface area contributed by atoms with Crippen molar-refractivity contribution in [3.8, 4) is 0 Å². The molecule has 0 bridgehead atoms. The minimum atomic E-state index is -0.399. The molecule has 0 aromatic rings. The average Bonchev–Trinajstić information content (AvgIpc) is 2.10. The number of hydrogen-bond donors (Lipinski definition) is 1. The molecule has 0 rings (SSSR count). The van der Waals surface area contributed by atoms with Gasteiger partial charge in [0.15, 0.2) is 0 Å². The fraction of sp³-hybridized carbons (Fsp3) is 0.917. The molecule has 0 aliphatic rings. The lowest BCUT2D eigenvalue weighted by molar-refractivity contribution is -0.157. The van der Waals surface area contributed by atoms with Gasteiger partial charge >= 0.3 is 5.97 Å². The maximum atomic E-state index is 11.6. The summed E-state index contributed by atoms with van der Waals surface area (Å²) in [7, 11) is 0. The number of hydrogen-bond acceptors (Lipinski definition) is 3. The summed E-state index contributed by atoms with van der Waals surface area (Å²) in [5.74, 6) is 0.417. The lowest BCUT2D eigenvalue weighted by atomic mass is 10.1. The lowest BCUT2D eigenvalue weighted by Gasteiger charge is -2.23. The molecule has 90 valence electrons. The summed E-state index contributed by atoms with van der Waals surface area (Å²) in [6.45, 7) is 12.7. The highest BCUT2D eigenvalue weighted by atomic mass is 16.6. The second-order valence-electron chi connectivity index (χ2n) is 5.18. The Morgan fingerprint density at radius 1 is 1.33 bits per heavy atom. The van der Waals surface area contributed by atoms with Gasteiger partial charge in [-0.25, -0.2) is 0 Å². The van der Waals surface area contributed by atoms with Crippen molar-refractivity contribution in [2.75, 3.05) is 6.54 Å². The van der Waals surface area contributed by atoms with E-state index in [1.807, 2.05) is 27.7 Å². The summed E-state index contributed by atoms with van der Waals surface area (Å²) in [5, 5.41) is 3.18. The van der Waals surface area contributed by atoms with E-state index in [-0.39, 0.29) is 12.0 Å². The number of rotatable bonds is 5. The molecular weight excluding hydrogens is 190 g/mol. The van der Waals surface area contributed by atoms with Crippen LogP contribution in [0.2, 0.25) is 0 Å². The topological polar surface area (TPSA) is 38.3 Å². The molecular formula is C12H25NO2. The van der Waals surface area contributed by atoms with Crippen LogP contribution >= 0.6 is 0 Å². The third kappa shape index (κ3) is 7.37. The Balaban J connectivity index is 3.90. The molecule has 3 nitrogen and oxygen atoms in total. The average molecular weight is 215 g/mol. The van der Waals surface area contributed by atoms with E-state index in [0.29, 0.717) is 5.92 Å². The molecule has 2 atom stereocenters. The zero-order valence-electron chi connectivity index (χ0n) is 10.9. The van der Waals surface area contributed by atoms with Crippen LogP contribution in [-0.4, -0.2) is 24.2 Å². The van der Waals surface area contributed by atoms with E-state index in [2.05, 4.69) is 19.2 Å². The Kier molecular flexibility index (Phi) is 5.88. The highest BCUT2D eigenvalue weighted by Gasteiger charge is 2.21. The molecule has 0 saturated heterocycles. The minimum absolute atomic E-state index is 0.175. The lowest BCUT2D eigenvalue weighted by Crippen LogP contribution is -2.40. The molecule has 0 aliphatic carbocycles. The maximum absolute atomic E-state index is 11.6. The summed E-state index contributed by atoms with van der Waals surface area (Å²) < 4.78 is 5.26. The smallest absolute Gasteiger partial charge is 0.323 e. The Hall–Kier alpha value is -0.570. The highest BCUT2D eigenvalue weighted by Crippen LogP contribution is 2.08. The van der Waals surface area contributed by atoms with Crippen molar-refractivity contribution in [1.29, 1.82) is 0 Å². The van der Waals surface area contributed by atoms with Crippen molar-refractivity contribution in [1.82, 2.24) is 5.32 Å². The van der Waals surface area contributed by atoms with Gasteiger partial charge in [0.05, 0.1) is 0 Å². The van der Waals surface area contributed by atoms with Crippen molar-refractivity contribution >= 4 is 5.97 Å². The molecule has 0 aliphatic heterocycles. The summed E-state index contributed by atoms with van der Waals surface area (Å²) in [6, 6.07) is -0.224. The standard InChI is InChI=1S/C12H25NO2/c1-7-9(2)8-13-10(3)11(14)15-12(4,5)6/h9-10,13H,7-8H2,1-6H3. The van der Waals surface area contributed by atoms with E-state index < -0.39 is 5.60 Å². The summed E-state index contributed by atoms with van der Waals surface area (Å²) in [6.07, 6.45) is 1.12. The molecule has 0 fully saturated rings. The van der Waals surface area contributed by atoms with Gasteiger partial charge in [-0.05, 0) is 40.2 Å². The van der Waals surface area contributed by atoms with Gasteiger partial charge in [0.2, 0.25) is 0 Å². The number of esters is 1. The number of ether oxygens (including phenoxy) is 1. The second kappa shape index (κ2) is 6.11. The largest absolute Gasteiger partial charge is 0.459 e. The number of carbonyl (C=O) groups is 1. The highest BCUT2D eigenvalue weighted by molar-refractivity contribution is 5.75. The van der Waals surface area contributed by atoms with Gasteiger partial charge in [-0.3, -0.25) is 4.79 Å². The Bertz CT molecular complexity index is 196. The fourth-order valence-electron chi connectivity index (χ4n) is 0.996. The third-order valence-electron chi connectivity index (χ3n) is 2.23. The van der Waals surface area contributed by atoms with E-state index in [0.717, 1.165) is 13.0 Å². The van der Waals surface area contributed by atoms with Crippen LogP contribution in [0, 0.1) is 5.92 Å². The van der Waals surface area contributed by atoms with Gasteiger partial charge in [0.1, 0.15) is 11.6 Å². The number of nitrogens with one attached hydrogen (secondary N) is 1. The van der Waals surface area contributed by atoms with Crippen LogP contribution in [0.5, 0.6) is 0 Å². The van der Waals surface area contributed by atoms with Crippen molar-refractivity contribution in [3.05, 3.63) is 0 Å². The van der Waals surface area contributed by atoms with Crippen molar-refractivity contribution in [2.24, 2.45) is 5.92 Å². The van der Waals surface area contributed by atoms with E-state index in [9.17, 15) is 4.79 Å². The second-order valence-corrected chi connectivity index (χ2v) is 5.18. The van der Waals surface area contributed by atoms with Crippen molar-refractivity contribution in [3.63, 3.8) is 0 Å². The predicted molar refractivity (Wildman–Crippen MR) is 62.8 cm³/mol. The van der Waals surface area contributed by atoms with Crippen LogP contribution in [0.25, 0.3) is 0 Å². The Labute approximate surface area is 93.6 Å². The summed E-state index contributed by atoms with van der Waals surface area (Å²) >= 11 is 0. The first-order valence-corrected chi connectivity index (χ1v) is 5.72. The van der Waals surface area contributed by atoms with Gasteiger partial charge in [0, 0.05) is 0 Å². The predicted octanol–water partition coefficient (Wildman–Crippen LogP) is 2.35. The van der Waals surface area contributed by atoms with Crippen LogP contribution in [0.4, 0.5) is 0 Å². The minimum Gasteiger partial charge on any atom is -0.459 e. The van der Waals surface area contributed by atoms with E-state index in [4.69, 9.17) is 4.74 Å². The molecule has 0 spiro atoms. The molecule has 0 amide bonds. The first-order valence-electron chi connectivity index (χ1n) is 5.72. The van der Waals surface area contributed by atoms with Crippen LogP contribution in [-0.2, 0) is 9.53 Å². The SMILES string of the molecule is CCC(C)CNC(C)C(=O)OC(C)(C)C. The van der Waals surface area contributed by atoms with Crippen LogP contribution < -0.4 is 5.32 Å². The van der Waals surface area contributed by atoms with E-state index in [1.165, 1.54) is 0 Å². The molecule has 0 aromatic carbocycles. The molecule has 2 unspecified atom stereocenters. The zero-order valence-corrected chi connectivity index (χ0v) is 10.9. The van der Waals surface area contributed by atoms with Gasteiger partial charge in [-0.2, -0.15) is 0 Å². The zero-order chi connectivity index (χ0) is 12.1. The summed E-state index contributed by atoms with van der Waals surface area (Å²) in [4.78, 5) is 11.6. The van der Waals surface area contributed by atoms with Gasteiger partial charge in [0.25, 0.3) is 0 Å².